The molecule has 0 unspecified atom stereocenters. The number of hydrogen-bond donors (Lipinski definition) is 3. The monoisotopic (exact) mass is 366 g/mol. The maximum atomic E-state index is 11.5. The summed E-state index contributed by atoms with van der Waals surface area (Å²) >= 11 is 1.55. The van der Waals surface area contributed by atoms with Gasteiger partial charge in [-0.25, -0.2) is 4.98 Å². The number of nitrogens with one attached hydrogen (secondary N) is 2. The molecule has 132 valence electrons. The number of rotatable bonds is 4. The third-order valence-corrected chi connectivity index (χ3v) is 4.86. The molecule has 0 bridgehead atoms. The molecule has 0 fully saturated rings. The normalized spacial score (nSPS) is 11.0. The molecule has 0 aliphatic carbocycles. The van der Waals surface area contributed by atoms with E-state index in [-0.39, 0.29) is 11.8 Å². The predicted octanol–water partition coefficient (Wildman–Crippen LogP) is 3.26. The molecule has 1 aromatic carbocycles. The quantitative estimate of drug-likeness (QED) is 0.617. The molecule has 26 heavy (non-hydrogen) atoms. The highest BCUT2D eigenvalue weighted by atomic mass is 32.1. The molecule has 0 spiro atoms. The van der Waals surface area contributed by atoms with Gasteiger partial charge in [0.05, 0.1) is 0 Å². The number of anilines is 2. The summed E-state index contributed by atoms with van der Waals surface area (Å²) in [5.74, 6) is 0.152. The molecule has 0 atom stereocenters. The lowest BCUT2D eigenvalue weighted by Gasteiger charge is -2.06. The van der Waals surface area contributed by atoms with Crippen LogP contribution in [0.4, 0.5) is 11.5 Å². The lowest BCUT2D eigenvalue weighted by Crippen LogP contribution is -2.13. The van der Waals surface area contributed by atoms with Gasteiger partial charge >= 0.3 is 0 Å². The molecule has 6 nitrogen and oxygen atoms in total. The number of nitrogen functional groups attached to an aromatic ring is 1. The molecule has 2 heterocycles. The van der Waals surface area contributed by atoms with E-state index in [1.807, 2.05) is 29.6 Å². The maximum absolute atomic E-state index is 11.5. The molecule has 0 aliphatic heterocycles. The van der Waals surface area contributed by atoms with Gasteiger partial charge in [-0.1, -0.05) is 12.1 Å². The summed E-state index contributed by atoms with van der Waals surface area (Å²) in [4.78, 5) is 26.9. The number of nitrogens with two attached hydrogens (primary N) is 1. The number of amides is 2. The number of likely N-dealkylation sites (N-methyl/N-ethyl adjacent to an activating group) is 1. The Morgan fingerprint density at radius 1 is 1.23 bits per heavy atom. The second-order valence-electron chi connectivity index (χ2n) is 5.66. The number of carbonyl (C=O) groups is 2. The molecule has 3 rings (SSSR count). The Hall–Kier alpha value is -3.19. The molecule has 3 aromatic rings. The highest BCUT2D eigenvalue weighted by Crippen LogP contribution is 2.39. The van der Waals surface area contributed by atoms with E-state index in [4.69, 9.17) is 5.73 Å². The minimum absolute atomic E-state index is 0.111. The van der Waals surface area contributed by atoms with E-state index in [0.29, 0.717) is 5.82 Å². The van der Waals surface area contributed by atoms with Crippen LogP contribution >= 0.6 is 11.3 Å². The number of thiophene rings is 1. The van der Waals surface area contributed by atoms with Crippen LogP contribution in [-0.4, -0.2) is 23.8 Å². The van der Waals surface area contributed by atoms with E-state index in [1.165, 1.54) is 13.0 Å². The zero-order chi connectivity index (χ0) is 18.7. The van der Waals surface area contributed by atoms with Crippen LogP contribution in [0.1, 0.15) is 12.5 Å². The van der Waals surface area contributed by atoms with Crippen LogP contribution in [0.25, 0.3) is 27.3 Å². The summed E-state index contributed by atoms with van der Waals surface area (Å²) in [5, 5.41) is 8.18. The van der Waals surface area contributed by atoms with Crippen molar-refractivity contribution in [2.75, 3.05) is 18.1 Å². The van der Waals surface area contributed by atoms with Gasteiger partial charge in [-0.3, -0.25) is 9.59 Å². The van der Waals surface area contributed by atoms with Crippen molar-refractivity contribution in [2.45, 2.75) is 6.92 Å². The van der Waals surface area contributed by atoms with Crippen molar-refractivity contribution >= 4 is 50.8 Å². The van der Waals surface area contributed by atoms with Crippen molar-refractivity contribution in [1.82, 2.24) is 10.3 Å². The van der Waals surface area contributed by atoms with Crippen LogP contribution in [0.2, 0.25) is 0 Å². The van der Waals surface area contributed by atoms with Crippen LogP contribution in [0.5, 0.6) is 0 Å². The Morgan fingerprint density at radius 2 is 1.96 bits per heavy atom. The van der Waals surface area contributed by atoms with Crippen molar-refractivity contribution in [2.24, 2.45) is 0 Å². The second kappa shape index (κ2) is 7.37. The van der Waals surface area contributed by atoms with Crippen LogP contribution < -0.4 is 16.4 Å². The molecule has 2 aromatic heterocycles. The lowest BCUT2D eigenvalue weighted by atomic mass is 10.0. The van der Waals surface area contributed by atoms with Gasteiger partial charge in [0.1, 0.15) is 5.82 Å². The Morgan fingerprint density at radius 3 is 2.62 bits per heavy atom. The predicted molar refractivity (Wildman–Crippen MR) is 107 cm³/mol. The largest absolute Gasteiger partial charge is 0.383 e. The van der Waals surface area contributed by atoms with Crippen LogP contribution in [0.15, 0.2) is 41.9 Å². The van der Waals surface area contributed by atoms with Gasteiger partial charge in [0, 0.05) is 53.1 Å². The number of fused-ring (bicyclic) bond motifs is 1. The Labute approximate surface area is 154 Å². The molecule has 0 saturated heterocycles. The SMILES string of the molecule is CNC(=O)/C=C/c1cnc(N)c2c(-c3ccc(NC(C)=O)cc3)csc12. The van der Waals surface area contributed by atoms with Crippen molar-refractivity contribution in [3.05, 3.63) is 47.5 Å². The highest BCUT2D eigenvalue weighted by Gasteiger charge is 2.13. The first-order chi connectivity index (χ1) is 12.5. The molecule has 0 radical (unpaired) electrons. The Kier molecular flexibility index (Phi) is 4.99. The third-order valence-electron chi connectivity index (χ3n) is 3.83. The lowest BCUT2D eigenvalue weighted by molar-refractivity contribution is -0.116. The van der Waals surface area contributed by atoms with Crippen molar-refractivity contribution < 1.29 is 9.59 Å². The Bertz CT molecular complexity index is 1010. The van der Waals surface area contributed by atoms with Crippen LogP contribution in [0, 0.1) is 0 Å². The van der Waals surface area contributed by atoms with Gasteiger partial charge < -0.3 is 16.4 Å². The van der Waals surface area contributed by atoms with Crippen molar-refractivity contribution in [1.29, 1.82) is 0 Å². The zero-order valence-electron chi connectivity index (χ0n) is 14.4. The van der Waals surface area contributed by atoms with Gasteiger partial charge in [-0.2, -0.15) is 0 Å². The molecule has 4 N–H and O–H groups in total. The zero-order valence-corrected chi connectivity index (χ0v) is 15.2. The van der Waals surface area contributed by atoms with Crippen LogP contribution in [-0.2, 0) is 9.59 Å². The van der Waals surface area contributed by atoms with E-state index in [2.05, 4.69) is 15.6 Å². The number of hydrogen-bond acceptors (Lipinski definition) is 5. The smallest absolute Gasteiger partial charge is 0.243 e. The average Bonchev–Trinajstić information content (AvgIpc) is 3.07. The first-order valence-corrected chi connectivity index (χ1v) is 8.81. The standard InChI is InChI=1S/C19H18N4O2S/c1-11(24)23-14-6-3-12(4-7-14)15-10-26-18-13(5-8-16(25)21-2)9-22-19(20)17(15)18/h3-10H,1-2H3,(H2,20,22)(H,21,25)(H,23,24)/b8-5+. The number of aromatic nitrogens is 1. The van der Waals surface area contributed by atoms with Gasteiger partial charge in [0.2, 0.25) is 11.8 Å². The molecule has 7 heteroatoms. The number of carbonyl (C=O) groups excluding carboxylic acids is 2. The molecule has 0 aliphatic rings. The van der Waals surface area contributed by atoms with E-state index < -0.39 is 0 Å². The maximum Gasteiger partial charge on any atom is 0.243 e. The van der Waals surface area contributed by atoms with E-state index in [0.717, 1.165) is 32.5 Å². The number of nitrogens with zero attached hydrogens (tertiary/aromatic N) is 1. The van der Waals surface area contributed by atoms with Gasteiger partial charge in [0.15, 0.2) is 0 Å². The molecular formula is C19H18N4O2S. The van der Waals surface area contributed by atoms with Gasteiger partial charge in [-0.15, -0.1) is 11.3 Å². The fraction of sp³-hybridized carbons (Fsp3) is 0.105. The molecular weight excluding hydrogens is 348 g/mol. The minimum Gasteiger partial charge on any atom is -0.383 e. The topological polar surface area (TPSA) is 97.1 Å². The Balaban J connectivity index is 2.04. The molecule has 2 amide bonds. The van der Waals surface area contributed by atoms with E-state index in [1.54, 1.807) is 30.7 Å². The van der Waals surface area contributed by atoms with Gasteiger partial charge in [0.25, 0.3) is 0 Å². The molecule has 0 saturated carbocycles. The van der Waals surface area contributed by atoms with E-state index >= 15 is 0 Å². The summed E-state index contributed by atoms with van der Waals surface area (Å²) in [7, 11) is 1.58. The summed E-state index contributed by atoms with van der Waals surface area (Å²) in [6.45, 7) is 1.47. The second-order valence-corrected chi connectivity index (χ2v) is 6.54. The fourth-order valence-electron chi connectivity index (χ4n) is 2.60. The fourth-order valence-corrected chi connectivity index (χ4v) is 3.68. The number of pyridine rings is 1. The van der Waals surface area contributed by atoms with Gasteiger partial charge in [-0.05, 0) is 29.2 Å². The summed E-state index contributed by atoms with van der Waals surface area (Å²) < 4.78 is 0.971. The first kappa shape index (κ1) is 17.6. The minimum atomic E-state index is -0.180. The summed E-state index contributed by atoms with van der Waals surface area (Å²) in [6.07, 6.45) is 4.86. The van der Waals surface area contributed by atoms with E-state index in [9.17, 15) is 9.59 Å². The van der Waals surface area contributed by atoms with Crippen LogP contribution in [0.3, 0.4) is 0 Å². The van der Waals surface area contributed by atoms with Crippen molar-refractivity contribution in [3.8, 4) is 11.1 Å². The van der Waals surface area contributed by atoms with Crippen molar-refractivity contribution in [3.63, 3.8) is 0 Å². The summed E-state index contributed by atoms with van der Waals surface area (Å²) in [6, 6.07) is 7.55. The summed E-state index contributed by atoms with van der Waals surface area (Å²) in [5.41, 5.74) is 9.64. The third kappa shape index (κ3) is 3.57. The first-order valence-electron chi connectivity index (χ1n) is 7.93. The highest BCUT2D eigenvalue weighted by molar-refractivity contribution is 7.18. The average molecular weight is 366 g/mol. The number of benzene rings is 1.